The molecule has 25 heteroatoms. The molecule has 14 rings (SSSR count). The summed E-state index contributed by atoms with van der Waals surface area (Å²) in [4.78, 5) is 70.5. The maximum absolute atomic E-state index is 14.0. The Kier molecular flexibility index (Phi) is 16.2. The predicted molar refractivity (Wildman–Crippen MR) is 284 cm³/mol. The van der Waals surface area contributed by atoms with E-state index in [9.17, 15) is 33.1 Å². The van der Waals surface area contributed by atoms with Crippen LogP contribution in [0.2, 0.25) is 0 Å². The number of imidazole rings is 2. The van der Waals surface area contributed by atoms with E-state index >= 15 is 0 Å². The van der Waals surface area contributed by atoms with Crippen molar-refractivity contribution in [3.05, 3.63) is 24.8 Å². The summed E-state index contributed by atoms with van der Waals surface area (Å²) in [5.41, 5.74) is 8.97. The number of nitrogen functional groups attached to an aromatic ring is 2. The number of halogens is 3. The second kappa shape index (κ2) is 22.7. The van der Waals surface area contributed by atoms with Crippen LogP contribution < -0.4 is 11.5 Å². The van der Waals surface area contributed by atoms with Gasteiger partial charge in [0, 0.05) is 29.6 Å². The number of carbonyl (C=O) groups is 4. The number of nitrogens with two attached hydrogens (primary N) is 2. The third-order valence-corrected chi connectivity index (χ3v) is 18.3. The summed E-state index contributed by atoms with van der Waals surface area (Å²) in [6.07, 6.45) is 21.3. The molecule has 0 aromatic carbocycles. The second-order valence-corrected chi connectivity index (χ2v) is 25.0. The highest BCUT2D eigenvalue weighted by atomic mass is 35.5. The quantitative estimate of drug-likeness (QED) is 0.0379. The smallest absolute Gasteiger partial charge is 0.458 e. The van der Waals surface area contributed by atoms with Crippen molar-refractivity contribution < 1.29 is 66.2 Å². The van der Waals surface area contributed by atoms with Crippen LogP contribution in [0.15, 0.2) is 12.7 Å². The molecule has 436 valence electrons. The number of carbonyl (C=O) groups excluding carboxylic acids is 4. The molecule has 0 amide bonds. The predicted octanol–water partition coefficient (Wildman–Crippen LogP) is 7.75. The first-order chi connectivity index (χ1) is 38.5. The van der Waals surface area contributed by atoms with Gasteiger partial charge in [-0.3, -0.25) is 18.7 Å². The van der Waals surface area contributed by atoms with Gasteiger partial charge in [-0.2, -0.15) is 28.7 Å². The molecule has 5 N–H and O–H groups in total. The molecule has 10 fully saturated rings. The lowest BCUT2D eigenvalue weighted by molar-refractivity contribution is -0.163. The second-order valence-electron chi connectivity index (χ2n) is 24.6. The minimum absolute atomic E-state index is 0.0216. The molecule has 8 aliphatic carbocycles. The van der Waals surface area contributed by atoms with Crippen LogP contribution >= 0.6 is 11.6 Å². The van der Waals surface area contributed by atoms with Crippen LogP contribution in [0, 0.1) is 95.0 Å². The monoisotopic (exact) mass is 1150 g/mol. The minimum atomic E-state index is -1.62. The number of ether oxygens (including phenoxy) is 7. The zero-order valence-corrected chi connectivity index (χ0v) is 46.5. The molecule has 0 spiro atoms. The number of esters is 1. The topological polar surface area (TPSA) is 292 Å². The maximum atomic E-state index is 14.0. The van der Waals surface area contributed by atoms with Gasteiger partial charge < -0.3 is 49.7 Å². The van der Waals surface area contributed by atoms with E-state index in [2.05, 4.69) is 41.7 Å². The van der Waals surface area contributed by atoms with Gasteiger partial charge in [0.2, 0.25) is 10.8 Å². The molecule has 8 bridgehead atoms. The van der Waals surface area contributed by atoms with Crippen molar-refractivity contribution in [2.75, 3.05) is 37.9 Å². The van der Waals surface area contributed by atoms with Crippen LogP contribution in [0.4, 0.5) is 30.0 Å². The standard InChI is InChI=1S/C28H34FN5O6.C24H28FN5O5.C4H7ClO/c1-4-28(13-38-26(36)37-12-27-9-16-5-17(10-27)7-18(6-16)11-27)19(39-24(35)15(2)3)8-20(40-28)34-14-31-21-22(30)32-25(29)33-23(21)34;1-2-24(11-34-22(32)33-10-23-7-13-3-14(8-23)5-15(4-13)9-23)16(31)6-17(35-24)30-12-27-18-19(26)28-21(25)29-20(18)30;1-3(2)4(5)6/h1,14-20H,5-13H2,2-3H3,(H2,30,32,33);1,12-17,31H,3-11H2,(H2,26,28,29);3H,1-2H3/t16?,17?,18?,19-,20+,27?,28+;13?,14?,15?,16-,17+,23?,24+;/m00./s1. The third kappa shape index (κ3) is 11.9. The number of fused-ring (bicyclic) bond motifs is 2. The fourth-order valence-electron chi connectivity index (χ4n) is 14.9. The average Bonchev–Trinajstić information content (AvgIpc) is 4.28. The fourth-order valence-corrected chi connectivity index (χ4v) is 14.9. The number of anilines is 2. The highest BCUT2D eigenvalue weighted by Crippen LogP contribution is 2.61. The molecular weight excluding hydrogens is 1080 g/mol. The van der Waals surface area contributed by atoms with E-state index in [1.165, 1.54) is 60.3 Å². The molecule has 22 nitrogen and oxygen atoms in total. The van der Waals surface area contributed by atoms with Crippen LogP contribution in [-0.4, -0.2) is 118 Å². The first-order valence-electron chi connectivity index (χ1n) is 27.8. The van der Waals surface area contributed by atoms with Crippen molar-refractivity contribution >= 4 is 69.1 Å². The summed E-state index contributed by atoms with van der Waals surface area (Å²) in [6.45, 7) is 6.77. The number of rotatable bonds is 13. The number of aliphatic hydroxyl groups is 1. The zero-order valence-electron chi connectivity index (χ0n) is 45.8. The lowest BCUT2D eigenvalue weighted by Crippen LogP contribution is -2.49. The number of hydrogen-bond donors (Lipinski definition) is 3. The summed E-state index contributed by atoms with van der Waals surface area (Å²) < 4.78 is 70.4. The van der Waals surface area contributed by atoms with Crippen molar-refractivity contribution in [3.8, 4) is 24.7 Å². The van der Waals surface area contributed by atoms with Crippen molar-refractivity contribution in [2.24, 2.45) is 58.2 Å². The van der Waals surface area contributed by atoms with Crippen molar-refractivity contribution in [1.29, 1.82) is 0 Å². The highest BCUT2D eigenvalue weighted by Gasteiger charge is 2.56. The van der Waals surface area contributed by atoms with E-state index in [4.69, 9.17) is 69.1 Å². The van der Waals surface area contributed by atoms with Gasteiger partial charge in [-0.1, -0.05) is 39.5 Å². The van der Waals surface area contributed by atoms with Crippen molar-refractivity contribution in [1.82, 2.24) is 39.0 Å². The van der Waals surface area contributed by atoms with Gasteiger partial charge >= 0.3 is 30.4 Å². The molecule has 81 heavy (non-hydrogen) atoms. The summed E-state index contributed by atoms with van der Waals surface area (Å²) in [5.74, 6) is 8.20. The summed E-state index contributed by atoms with van der Waals surface area (Å²) in [6, 6.07) is 0. The number of aromatic nitrogens is 8. The highest BCUT2D eigenvalue weighted by molar-refractivity contribution is 6.63. The molecule has 0 radical (unpaired) electrons. The Morgan fingerprint density at radius 1 is 0.642 bits per heavy atom. The summed E-state index contributed by atoms with van der Waals surface area (Å²) >= 11 is 4.97. The van der Waals surface area contributed by atoms with Crippen LogP contribution in [0.3, 0.4) is 0 Å². The van der Waals surface area contributed by atoms with Crippen molar-refractivity contribution in [3.63, 3.8) is 0 Å². The molecule has 4 aromatic heterocycles. The Morgan fingerprint density at radius 3 is 1.40 bits per heavy atom. The SMILES string of the molecule is C#C[C@]1(COC(=O)OCC23CC4CC(CC(C4)C2)C3)O[C@@H](n2cnc3c(N)nc(F)nc32)C[C@@H]1O.C#C[C@]1(COC(=O)OCC23CC4CC(CC(C4)C2)C3)O[C@@H](n2cnc3c(N)nc(F)nc32)C[C@@H]1OC(=O)C(C)C.CC(C)C(=O)Cl. The van der Waals surface area contributed by atoms with Gasteiger partial charge in [0.15, 0.2) is 39.6 Å². The van der Waals surface area contributed by atoms with Gasteiger partial charge in [-0.05, 0) is 124 Å². The van der Waals surface area contributed by atoms with Crippen LogP contribution in [0.25, 0.3) is 22.3 Å². The Bertz CT molecular complexity index is 3070. The molecule has 0 unspecified atom stereocenters. The number of nitrogens with zero attached hydrogens (tertiary/aromatic N) is 8. The molecule has 2 saturated heterocycles. The van der Waals surface area contributed by atoms with Gasteiger partial charge in [0.1, 0.15) is 51.1 Å². The normalized spacial score (nSPS) is 33.8. The molecule has 8 saturated carbocycles. The van der Waals surface area contributed by atoms with E-state index in [0.29, 0.717) is 13.2 Å². The van der Waals surface area contributed by atoms with Crippen LogP contribution in [0.5, 0.6) is 0 Å². The van der Waals surface area contributed by atoms with E-state index < -0.39 is 78.8 Å². The van der Waals surface area contributed by atoms with Crippen LogP contribution in [0.1, 0.15) is 130 Å². The first kappa shape index (κ1) is 57.8. The number of hydrogen-bond acceptors (Lipinski definition) is 20. The molecular formula is C56H69ClF2N10O12. The Labute approximate surface area is 471 Å². The Hall–Kier alpha value is -6.47. The lowest BCUT2D eigenvalue weighted by atomic mass is 9.50. The Morgan fingerprint density at radius 2 is 1.01 bits per heavy atom. The molecule has 6 atom stereocenters. The Balaban J connectivity index is 0.000000166. The van der Waals surface area contributed by atoms with Gasteiger partial charge in [-0.25, -0.2) is 19.6 Å². The summed E-state index contributed by atoms with van der Waals surface area (Å²) in [5, 5.41) is 10.5. The lowest BCUT2D eigenvalue weighted by Gasteiger charge is -2.56. The first-order valence-corrected chi connectivity index (χ1v) is 28.2. The molecule has 6 heterocycles. The van der Waals surface area contributed by atoms with E-state index in [1.807, 2.05) is 0 Å². The van der Waals surface area contributed by atoms with E-state index in [-0.39, 0.29) is 75.4 Å². The van der Waals surface area contributed by atoms with Gasteiger partial charge in [0.25, 0.3) is 0 Å². The van der Waals surface area contributed by atoms with Crippen molar-refractivity contribution in [2.45, 2.75) is 153 Å². The fraction of sp³-hybridized carbons (Fsp3) is 0.679. The van der Waals surface area contributed by atoms with Gasteiger partial charge in [-0.15, -0.1) is 12.8 Å². The van der Waals surface area contributed by atoms with E-state index in [0.717, 1.165) is 74.0 Å². The number of terminal acetylenes is 2. The molecule has 4 aromatic rings. The zero-order chi connectivity index (χ0) is 57.8. The minimum Gasteiger partial charge on any atom is -0.458 e. The number of aliphatic hydroxyl groups excluding tert-OH is 1. The maximum Gasteiger partial charge on any atom is 0.508 e. The largest absolute Gasteiger partial charge is 0.508 e. The van der Waals surface area contributed by atoms with E-state index in [1.54, 1.807) is 27.7 Å². The molecule has 10 aliphatic rings. The van der Waals surface area contributed by atoms with Gasteiger partial charge in [0.05, 0.1) is 18.6 Å². The average molecular weight is 1150 g/mol. The third-order valence-electron chi connectivity index (χ3n) is 17.9. The summed E-state index contributed by atoms with van der Waals surface area (Å²) in [7, 11) is 0. The van der Waals surface area contributed by atoms with Crippen LogP contribution in [-0.2, 0) is 42.7 Å². The molecule has 2 aliphatic heterocycles.